The van der Waals surface area contributed by atoms with E-state index < -0.39 is 10.8 Å². The highest BCUT2D eigenvalue weighted by atomic mass is 16.5. The summed E-state index contributed by atoms with van der Waals surface area (Å²) >= 11 is 0. The molecule has 2 aromatic carbocycles. The smallest absolute Gasteiger partial charge is 0.316 e. The second-order valence-corrected chi connectivity index (χ2v) is 10.3. The van der Waals surface area contributed by atoms with E-state index in [1.165, 1.54) is 13.2 Å². The van der Waals surface area contributed by atoms with Gasteiger partial charge < -0.3 is 14.2 Å². The summed E-state index contributed by atoms with van der Waals surface area (Å²) in [4.78, 5) is 37.4. The molecule has 0 fully saturated rings. The van der Waals surface area contributed by atoms with E-state index in [4.69, 9.17) is 14.2 Å². The molecule has 0 spiro atoms. The molecule has 0 N–H and O–H groups in total. The summed E-state index contributed by atoms with van der Waals surface area (Å²) in [5, 5.41) is 0. The molecule has 0 saturated carbocycles. The number of carbonyl (C=O) groups is 3. The minimum absolute atomic E-state index is 0.261. The van der Waals surface area contributed by atoms with Crippen LogP contribution in [0.2, 0.25) is 0 Å². The van der Waals surface area contributed by atoms with Gasteiger partial charge in [-0.1, -0.05) is 0 Å². The zero-order valence-corrected chi connectivity index (χ0v) is 21.5. The first kappa shape index (κ1) is 26.8. The number of esters is 2. The molecule has 0 aliphatic rings. The van der Waals surface area contributed by atoms with Crippen molar-refractivity contribution in [1.82, 2.24) is 0 Å². The van der Waals surface area contributed by atoms with Crippen LogP contribution in [0.25, 0.3) is 6.08 Å². The van der Waals surface area contributed by atoms with Crippen LogP contribution >= 0.6 is 0 Å². The van der Waals surface area contributed by atoms with Gasteiger partial charge in [-0.2, -0.15) is 0 Å². The molecule has 0 atom stereocenters. The highest BCUT2D eigenvalue weighted by Gasteiger charge is 2.27. The molecular formula is C28H34O6. The Morgan fingerprint density at radius 3 is 1.76 bits per heavy atom. The third-order valence-electron chi connectivity index (χ3n) is 5.01. The number of benzene rings is 2. The van der Waals surface area contributed by atoms with E-state index in [1.54, 1.807) is 71.9 Å². The van der Waals surface area contributed by atoms with Crippen LogP contribution in [0.5, 0.6) is 17.2 Å². The summed E-state index contributed by atoms with van der Waals surface area (Å²) < 4.78 is 16.6. The second-order valence-electron chi connectivity index (χ2n) is 10.3. The number of rotatable bonds is 6. The fourth-order valence-electron chi connectivity index (χ4n) is 2.99. The van der Waals surface area contributed by atoms with Gasteiger partial charge in [0.05, 0.1) is 23.5 Å². The van der Waals surface area contributed by atoms with Crippen molar-refractivity contribution in [3.63, 3.8) is 0 Å². The number of ether oxygens (including phenoxy) is 3. The lowest BCUT2D eigenvalue weighted by Gasteiger charge is -2.21. The lowest BCUT2D eigenvalue weighted by Crippen LogP contribution is -2.26. The molecule has 0 aromatic heterocycles. The number of hydrogen-bond acceptors (Lipinski definition) is 6. The predicted molar refractivity (Wildman–Crippen MR) is 132 cm³/mol. The summed E-state index contributed by atoms with van der Waals surface area (Å²) in [5.41, 5.74) is 1.22. The largest absolute Gasteiger partial charge is 0.496 e. The third kappa shape index (κ3) is 6.56. The van der Waals surface area contributed by atoms with Crippen molar-refractivity contribution in [2.45, 2.75) is 55.4 Å². The molecule has 34 heavy (non-hydrogen) atoms. The Kier molecular flexibility index (Phi) is 8.09. The van der Waals surface area contributed by atoms with E-state index in [-0.39, 0.29) is 17.7 Å². The van der Waals surface area contributed by atoms with Gasteiger partial charge in [0.15, 0.2) is 5.78 Å². The Hall–Kier alpha value is -3.41. The van der Waals surface area contributed by atoms with Gasteiger partial charge in [0.25, 0.3) is 0 Å². The molecule has 0 bridgehead atoms. The van der Waals surface area contributed by atoms with Gasteiger partial charge in [0, 0.05) is 5.56 Å². The summed E-state index contributed by atoms with van der Waals surface area (Å²) in [6, 6.07) is 8.23. The topological polar surface area (TPSA) is 78.9 Å². The summed E-state index contributed by atoms with van der Waals surface area (Å²) in [5.74, 6) is 0.246. The van der Waals surface area contributed by atoms with Crippen molar-refractivity contribution in [3.8, 4) is 17.2 Å². The van der Waals surface area contributed by atoms with Crippen molar-refractivity contribution in [3.05, 3.63) is 58.7 Å². The molecule has 0 radical (unpaired) electrons. The average molecular weight is 467 g/mol. The van der Waals surface area contributed by atoms with E-state index in [1.807, 2.05) is 19.9 Å². The van der Waals surface area contributed by atoms with Gasteiger partial charge in [0.1, 0.15) is 17.2 Å². The van der Waals surface area contributed by atoms with Crippen LogP contribution in [0.4, 0.5) is 0 Å². The van der Waals surface area contributed by atoms with Crippen molar-refractivity contribution in [2.24, 2.45) is 10.8 Å². The predicted octanol–water partition coefficient (Wildman–Crippen LogP) is 6.11. The lowest BCUT2D eigenvalue weighted by atomic mass is 9.97. The van der Waals surface area contributed by atoms with Crippen LogP contribution in [0.1, 0.15) is 68.6 Å². The molecule has 182 valence electrons. The summed E-state index contributed by atoms with van der Waals surface area (Å²) in [6.45, 7) is 14.4. The second kappa shape index (κ2) is 10.2. The summed E-state index contributed by atoms with van der Waals surface area (Å²) in [6.07, 6.45) is 3.00. The highest BCUT2D eigenvalue weighted by Crippen LogP contribution is 2.37. The van der Waals surface area contributed by atoms with Gasteiger partial charge in [-0.3, -0.25) is 14.4 Å². The Balaban J connectivity index is 2.35. The number of ketones is 1. The van der Waals surface area contributed by atoms with Gasteiger partial charge >= 0.3 is 11.9 Å². The molecule has 0 amide bonds. The molecule has 0 aliphatic carbocycles. The Morgan fingerprint density at radius 1 is 0.765 bits per heavy atom. The zero-order valence-electron chi connectivity index (χ0n) is 21.5. The van der Waals surface area contributed by atoms with Crippen LogP contribution in [-0.2, 0) is 9.59 Å². The Labute approximate surface area is 201 Å². The normalized spacial score (nSPS) is 11.9. The number of carbonyl (C=O) groups excluding carboxylic acids is 3. The lowest BCUT2D eigenvalue weighted by molar-refractivity contribution is -0.143. The number of hydrogen-bond donors (Lipinski definition) is 0. The molecule has 0 heterocycles. The first-order valence-corrected chi connectivity index (χ1v) is 11.1. The van der Waals surface area contributed by atoms with Crippen LogP contribution in [0.15, 0.2) is 36.4 Å². The number of aryl methyl sites for hydroxylation is 2. The molecule has 6 heteroatoms. The maximum absolute atomic E-state index is 12.8. The third-order valence-corrected chi connectivity index (χ3v) is 5.01. The van der Waals surface area contributed by atoms with Crippen molar-refractivity contribution < 1.29 is 28.6 Å². The number of allylic oxidation sites excluding steroid dienone is 1. The van der Waals surface area contributed by atoms with Crippen molar-refractivity contribution >= 4 is 23.8 Å². The molecule has 6 nitrogen and oxygen atoms in total. The van der Waals surface area contributed by atoms with Gasteiger partial charge in [-0.15, -0.1) is 0 Å². The van der Waals surface area contributed by atoms with E-state index in [0.717, 1.165) is 11.1 Å². The van der Waals surface area contributed by atoms with Gasteiger partial charge in [0.2, 0.25) is 0 Å². The molecular weight excluding hydrogens is 432 g/mol. The zero-order chi connectivity index (χ0) is 25.8. The van der Waals surface area contributed by atoms with E-state index in [0.29, 0.717) is 28.4 Å². The van der Waals surface area contributed by atoms with Crippen molar-refractivity contribution in [1.29, 1.82) is 0 Å². The maximum atomic E-state index is 12.8. The van der Waals surface area contributed by atoms with Gasteiger partial charge in [-0.25, -0.2) is 0 Å². The molecule has 0 unspecified atom stereocenters. The van der Waals surface area contributed by atoms with Crippen LogP contribution in [0, 0.1) is 24.7 Å². The first-order valence-electron chi connectivity index (χ1n) is 11.1. The van der Waals surface area contributed by atoms with Gasteiger partial charge in [-0.05, 0) is 109 Å². The standard InChI is InChI=1S/C28H34O6/c1-17-16-18(2)24(34-26(31)28(6,7)8)21(23(17)32-9)14-15-22(29)19-10-12-20(13-11-19)33-25(30)27(3,4)5/h10-16H,1-9H3/b15-14+. The Bertz CT molecular complexity index is 1110. The SMILES string of the molecule is COc1c(C)cc(C)c(OC(=O)C(C)(C)C)c1/C=C/C(=O)c1ccc(OC(=O)C(C)(C)C)cc1. The molecule has 0 saturated heterocycles. The highest BCUT2D eigenvalue weighted by molar-refractivity contribution is 6.07. The molecule has 2 aromatic rings. The quantitative estimate of drug-likeness (QED) is 0.221. The average Bonchev–Trinajstić information content (AvgIpc) is 2.73. The Morgan fingerprint density at radius 2 is 1.26 bits per heavy atom. The fraction of sp³-hybridized carbons (Fsp3) is 0.393. The monoisotopic (exact) mass is 466 g/mol. The van der Waals surface area contributed by atoms with Crippen molar-refractivity contribution in [2.75, 3.05) is 7.11 Å². The van der Waals surface area contributed by atoms with Crippen LogP contribution < -0.4 is 14.2 Å². The fourth-order valence-corrected chi connectivity index (χ4v) is 2.99. The molecule has 2 rings (SSSR count). The minimum Gasteiger partial charge on any atom is -0.496 e. The summed E-state index contributed by atoms with van der Waals surface area (Å²) in [7, 11) is 1.53. The minimum atomic E-state index is -0.695. The van der Waals surface area contributed by atoms with E-state index in [9.17, 15) is 14.4 Å². The maximum Gasteiger partial charge on any atom is 0.316 e. The molecule has 0 aliphatic heterocycles. The van der Waals surface area contributed by atoms with Crippen LogP contribution in [0.3, 0.4) is 0 Å². The van der Waals surface area contributed by atoms with E-state index >= 15 is 0 Å². The number of methoxy groups -OCH3 is 1. The van der Waals surface area contributed by atoms with Crippen LogP contribution in [-0.4, -0.2) is 24.8 Å². The first-order chi connectivity index (χ1) is 15.6. The van der Waals surface area contributed by atoms with E-state index in [2.05, 4.69) is 0 Å².